The van der Waals surface area contributed by atoms with Gasteiger partial charge in [0.25, 0.3) is 0 Å². The molecule has 0 unspecified atom stereocenters. The van der Waals surface area contributed by atoms with Crippen molar-refractivity contribution >= 4 is 24.1 Å². The number of aromatic nitrogens is 2. The molecule has 0 saturated carbocycles. The van der Waals surface area contributed by atoms with Crippen LogP contribution in [0.5, 0.6) is 0 Å². The summed E-state index contributed by atoms with van der Waals surface area (Å²) in [5.41, 5.74) is 0.841. The van der Waals surface area contributed by atoms with Crippen LogP contribution in [0.2, 0.25) is 30.8 Å². The number of rotatable bonds is 5. The van der Waals surface area contributed by atoms with Gasteiger partial charge in [0.2, 0.25) is 0 Å². The van der Waals surface area contributed by atoms with Crippen LogP contribution in [0.1, 0.15) is 5.69 Å². The Morgan fingerprint density at radius 2 is 2.13 bits per heavy atom. The van der Waals surface area contributed by atoms with Gasteiger partial charge in [-0.2, -0.15) is 0 Å². The molecule has 0 saturated heterocycles. The SMILES string of the molecule is C[Si](C)(C)CCOCc1n[c]([Zn])[nH]c1Cl. The number of imidazole rings is 1. The van der Waals surface area contributed by atoms with Crippen molar-refractivity contribution in [1.29, 1.82) is 0 Å². The Morgan fingerprint density at radius 1 is 1.47 bits per heavy atom. The normalized spacial score (nSPS) is 12.1. The van der Waals surface area contributed by atoms with Crippen LogP contribution in [0, 0.1) is 0 Å². The molecule has 0 radical (unpaired) electrons. The summed E-state index contributed by atoms with van der Waals surface area (Å²) < 4.78 is 6.53. The van der Waals surface area contributed by atoms with Gasteiger partial charge in [-0.25, -0.2) is 0 Å². The molecule has 1 heterocycles. The summed E-state index contributed by atoms with van der Waals surface area (Å²) in [5, 5.41) is 0.629. The van der Waals surface area contributed by atoms with Crippen molar-refractivity contribution in [3.05, 3.63) is 10.8 Å². The molecule has 6 heteroatoms. The molecular weight excluding hydrogens is 281 g/mol. The molecule has 15 heavy (non-hydrogen) atoms. The average molecular weight is 297 g/mol. The van der Waals surface area contributed by atoms with Gasteiger partial charge in [-0.05, 0) is 0 Å². The van der Waals surface area contributed by atoms with Crippen LogP contribution in [-0.4, -0.2) is 24.6 Å². The van der Waals surface area contributed by atoms with Crippen LogP contribution in [0.25, 0.3) is 0 Å². The maximum absolute atomic E-state index is 5.94. The van der Waals surface area contributed by atoms with Gasteiger partial charge in [0.15, 0.2) is 0 Å². The number of halogens is 1. The molecule has 0 aliphatic carbocycles. The molecule has 0 fully saturated rings. The fourth-order valence-corrected chi connectivity index (χ4v) is 3.05. The molecule has 0 spiro atoms. The molecule has 81 valence electrons. The summed E-state index contributed by atoms with van der Waals surface area (Å²) in [7, 11) is -0.984. The van der Waals surface area contributed by atoms with E-state index in [9.17, 15) is 0 Å². The number of H-pyrrole nitrogens is 1. The predicted octanol–water partition coefficient (Wildman–Crippen LogP) is 2.09. The molecular formula is C9H16ClN2OSiZn. The van der Waals surface area contributed by atoms with Crippen molar-refractivity contribution in [3.63, 3.8) is 0 Å². The Balaban J connectivity index is 2.29. The summed E-state index contributed by atoms with van der Waals surface area (Å²) in [6.45, 7) is 8.36. The molecule has 0 bridgehead atoms. The van der Waals surface area contributed by atoms with E-state index in [1.54, 1.807) is 0 Å². The van der Waals surface area contributed by atoms with E-state index >= 15 is 0 Å². The van der Waals surface area contributed by atoms with E-state index in [0.29, 0.717) is 11.8 Å². The van der Waals surface area contributed by atoms with E-state index in [1.807, 2.05) is 0 Å². The second kappa shape index (κ2) is 5.58. The van der Waals surface area contributed by atoms with Crippen LogP contribution < -0.4 is 4.42 Å². The molecule has 1 rings (SSSR count). The Bertz CT molecular complexity index is 324. The maximum atomic E-state index is 5.94. The van der Waals surface area contributed by atoms with Gasteiger partial charge in [-0.1, -0.05) is 0 Å². The molecule has 1 aromatic heterocycles. The number of hydrogen-bond acceptors (Lipinski definition) is 2. The summed E-state index contributed by atoms with van der Waals surface area (Å²) in [4.78, 5) is 7.30. The summed E-state index contributed by atoms with van der Waals surface area (Å²) in [6.07, 6.45) is 0. The van der Waals surface area contributed by atoms with Gasteiger partial charge in [0.05, 0.1) is 0 Å². The van der Waals surface area contributed by atoms with Crippen LogP contribution in [-0.2, 0) is 29.6 Å². The number of nitrogens with one attached hydrogen (secondary N) is 1. The standard InChI is InChI=1S/C9H16ClN2OSi.Zn/c1-14(2,3)5-4-13-6-8-9(10)12-7-11-8;/h4-6H2,1-3H3,(H,11,12);. The van der Waals surface area contributed by atoms with Crippen molar-refractivity contribution in [2.24, 2.45) is 0 Å². The number of aromatic amines is 1. The Morgan fingerprint density at radius 3 is 2.60 bits per heavy atom. The Hall–Kier alpha value is 0.300. The minimum atomic E-state index is -0.984. The first-order valence-corrected chi connectivity index (χ1v) is 10.6. The number of ether oxygens (including phenoxy) is 1. The molecule has 0 aliphatic heterocycles. The first-order chi connectivity index (χ1) is 6.88. The summed E-state index contributed by atoms with van der Waals surface area (Å²) in [6, 6.07) is 1.18. The molecule has 0 aliphatic rings. The van der Waals surface area contributed by atoms with Crippen molar-refractivity contribution in [2.45, 2.75) is 32.3 Å². The quantitative estimate of drug-likeness (QED) is 0.667. The Labute approximate surface area is 107 Å². The summed E-state index contributed by atoms with van der Waals surface area (Å²) in [5.74, 6) is 0. The van der Waals surface area contributed by atoms with Crippen molar-refractivity contribution < 1.29 is 23.0 Å². The fourth-order valence-electron chi connectivity index (χ4n) is 1.08. The van der Waals surface area contributed by atoms with Crippen molar-refractivity contribution in [1.82, 2.24) is 9.97 Å². The molecule has 3 nitrogen and oxygen atoms in total. The van der Waals surface area contributed by atoms with E-state index in [0.717, 1.165) is 35.0 Å². The van der Waals surface area contributed by atoms with Gasteiger partial charge in [0.1, 0.15) is 0 Å². The first kappa shape index (κ1) is 13.4. The molecule has 0 aromatic carbocycles. The topological polar surface area (TPSA) is 37.9 Å². The molecule has 0 amide bonds. The third-order valence-electron chi connectivity index (χ3n) is 2.01. The first-order valence-electron chi connectivity index (χ1n) is 5.02. The van der Waals surface area contributed by atoms with E-state index in [2.05, 4.69) is 29.6 Å². The molecule has 1 aromatic rings. The van der Waals surface area contributed by atoms with Gasteiger partial charge in [-0.3, -0.25) is 0 Å². The summed E-state index contributed by atoms with van der Waals surface area (Å²) >= 11 is 6.94. The average Bonchev–Trinajstić information content (AvgIpc) is 2.37. The van der Waals surface area contributed by atoms with Gasteiger partial charge in [-0.15, -0.1) is 0 Å². The van der Waals surface area contributed by atoms with Crippen LogP contribution in [0.4, 0.5) is 0 Å². The van der Waals surface area contributed by atoms with E-state index in [4.69, 9.17) is 16.3 Å². The number of nitrogens with zero attached hydrogens (tertiary/aromatic N) is 1. The zero-order chi connectivity index (χ0) is 11.5. The third kappa shape index (κ3) is 5.25. The fraction of sp³-hybridized carbons (Fsp3) is 0.667. The molecule has 1 N–H and O–H groups in total. The monoisotopic (exact) mass is 295 g/mol. The van der Waals surface area contributed by atoms with E-state index in [1.165, 1.54) is 6.04 Å². The van der Waals surface area contributed by atoms with Crippen LogP contribution >= 0.6 is 11.6 Å². The van der Waals surface area contributed by atoms with E-state index in [-0.39, 0.29) is 0 Å². The minimum absolute atomic E-state index is 0.528. The third-order valence-corrected chi connectivity index (χ3v) is 4.73. The van der Waals surface area contributed by atoms with Crippen molar-refractivity contribution in [3.8, 4) is 0 Å². The van der Waals surface area contributed by atoms with Crippen LogP contribution in [0.3, 0.4) is 0 Å². The Kier molecular flexibility index (Phi) is 4.97. The molecule has 0 atom stereocenters. The van der Waals surface area contributed by atoms with Gasteiger partial charge >= 0.3 is 107 Å². The predicted molar refractivity (Wildman–Crippen MR) is 61.0 cm³/mol. The second-order valence-corrected chi connectivity index (χ2v) is 12.2. The number of hydrogen-bond donors (Lipinski definition) is 1. The second-order valence-electron chi connectivity index (χ2n) is 4.81. The zero-order valence-corrected chi connectivity index (χ0v) is 14.3. The van der Waals surface area contributed by atoms with Gasteiger partial charge < -0.3 is 0 Å². The van der Waals surface area contributed by atoms with E-state index < -0.39 is 8.07 Å². The van der Waals surface area contributed by atoms with Crippen LogP contribution in [0.15, 0.2) is 0 Å². The van der Waals surface area contributed by atoms with Gasteiger partial charge in [0, 0.05) is 0 Å². The van der Waals surface area contributed by atoms with Crippen molar-refractivity contribution in [2.75, 3.05) is 6.61 Å². The zero-order valence-electron chi connectivity index (χ0n) is 9.56.